The number of nitrogens with zero attached hydrogens (tertiary/aromatic N) is 4. The molecule has 0 bridgehead atoms. The Morgan fingerprint density at radius 2 is 1.81 bits per heavy atom. The van der Waals surface area contributed by atoms with Crippen LogP contribution in [0.15, 0.2) is 53.7 Å². The van der Waals surface area contributed by atoms with E-state index in [4.69, 9.17) is 0 Å². The molecule has 1 fully saturated rings. The number of rotatable bonds is 5. The maximum Gasteiger partial charge on any atom is 0.193 e. The van der Waals surface area contributed by atoms with Gasteiger partial charge in [0.25, 0.3) is 0 Å². The maximum atomic E-state index is 4.46. The number of hydrogen-bond donors (Lipinski definition) is 1. The van der Waals surface area contributed by atoms with Crippen LogP contribution in [-0.2, 0) is 13.0 Å². The number of aryl methyl sites for hydroxylation is 1. The molecule has 0 saturated carbocycles. The molecule has 0 amide bonds. The van der Waals surface area contributed by atoms with Crippen LogP contribution >= 0.6 is 0 Å². The van der Waals surface area contributed by atoms with E-state index in [0.717, 1.165) is 57.3 Å². The van der Waals surface area contributed by atoms with Crippen LogP contribution in [0.25, 0.3) is 0 Å². The van der Waals surface area contributed by atoms with Crippen molar-refractivity contribution in [2.24, 2.45) is 4.99 Å². The van der Waals surface area contributed by atoms with Gasteiger partial charge in [0.2, 0.25) is 0 Å². The quantitative estimate of drug-likeness (QED) is 0.663. The lowest BCUT2D eigenvalue weighted by atomic mass is 10.2. The first kappa shape index (κ1) is 18.4. The Morgan fingerprint density at radius 3 is 2.46 bits per heavy atom. The van der Waals surface area contributed by atoms with E-state index >= 15 is 0 Å². The minimum Gasteiger partial charge on any atom is -0.356 e. The monoisotopic (exact) mass is 351 g/mol. The Kier molecular flexibility index (Phi) is 6.61. The normalized spacial score (nSPS) is 15.9. The topological polar surface area (TPSA) is 43.8 Å². The number of guanidine groups is 1. The SMILES string of the molecule is CN=C(NCCc1ccc(C)nc1)N1CCN(Cc2ccccc2)CC1. The third-order valence-electron chi connectivity index (χ3n) is 4.80. The molecule has 1 aromatic carbocycles. The van der Waals surface area contributed by atoms with Crippen LogP contribution in [0.1, 0.15) is 16.8 Å². The smallest absolute Gasteiger partial charge is 0.193 e. The summed E-state index contributed by atoms with van der Waals surface area (Å²) in [5.74, 6) is 1.00. The van der Waals surface area contributed by atoms with E-state index in [1.165, 1.54) is 11.1 Å². The van der Waals surface area contributed by atoms with Crippen LogP contribution in [0.2, 0.25) is 0 Å². The standard InChI is InChI=1S/C21H29N5/c1-18-8-9-19(16-24-18)10-11-23-21(22-2)26-14-12-25(13-15-26)17-20-6-4-3-5-7-20/h3-9,16H,10-15,17H2,1-2H3,(H,22,23). The molecular formula is C21H29N5. The van der Waals surface area contributed by atoms with Crippen LogP contribution in [0.4, 0.5) is 0 Å². The van der Waals surface area contributed by atoms with Gasteiger partial charge in [-0.3, -0.25) is 14.9 Å². The summed E-state index contributed by atoms with van der Waals surface area (Å²) in [6.07, 6.45) is 2.92. The summed E-state index contributed by atoms with van der Waals surface area (Å²) < 4.78 is 0. The first-order valence-electron chi connectivity index (χ1n) is 9.38. The van der Waals surface area contributed by atoms with Gasteiger partial charge in [-0.05, 0) is 30.5 Å². The van der Waals surface area contributed by atoms with Crippen molar-refractivity contribution in [3.8, 4) is 0 Å². The van der Waals surface area contributed by atoms with Gasteiger partial charge in [-0.25, -0.2) is 0 Å². The van der Waals surface area contributed by atoms with E-state index < -0.39 is 0 Å². The van der Waals surface area contributed by atoms with E-state index in [9.17, 15) is 0 Å². The van der Waals surface area contributed by atoms with Gasteiger partial charge in [-0.2, -0.15) is 0 Å². The highest BCUT2D eigenvalue weighted by molar-refractivity contribution is 5.80. The number of benzene rings is 1. The summed E-state index contributed by atoms with van der Waals surface area (Å²) in [6.45, 7) is 8.08. The van der Waals surface area contributed by atoms with E-state index in [0.29, 0.717) is 0 Å². The number of aromatic nitrogens is 1. The van der Waals surface area contributed by atoms with E-state index in [-0.39, 0.29) is 0 Å². The highest BCUT2D eigenvalue weighted by Gasteiger charge is 2.19. The van der Waals surface area contributed by atoms with Crippen molar-refractivity contribution in [1.29, 1.82) is 0 Å². The second-order valence-corrected chi connectivity index (χ2v) is 6.78. The predicted octanol–water partition coefficient (Wildman–Crippen LogP) is 2.33. The summed E-state index contributed by atoms with van der Waals surface area (Å²) >= 11 is 0. The average molecular weight is 351 g/mol. The van der Waals surface area contributed by atoms with Crippen LogP contribution in [0.3, 0.4) is 0 Å². The molecular weight excluding hydrogens is 322 g/mol. The van der Waals surface area contributed by atoms with Crippen molar-refractivity contribution in [3.63, 3.8) is 0 Å². The summed E-state index contributed by atoms with van der Waals surface area (Å²) in [4.78, 5) is 13.7. The molecule has 0 radical (unpaired) electrons. The molecule has 1 aliphatic rings. The molecule has 1 N–H and O–H groups in total. The van der Waals surface area contributed by atoms with Gasteiger partial charge in [0.05, 0.1) is 0 Å². The Bertz CT molecular complexity index is 688. The van der Waals surface area contributed by atoms with Gasteiger partial charge < -0.3 is 10.2 Å². The number of aliphatic imine (C=N–C) groups is 1. The Labute approximate surface area is 156 Å². The number of pyridine rings is 1. The minimum absolute atomic E-state index is 0.877. The van der Waals surface area contributed by atoms with Crippen molar-refractivity contribution in [1.82, 2.24) is 20.1 Å². The Hall–Kier alpha value is -2.40. The van der Waals surface area contributed by atoms with E-state index in [2.05, 4.69) is 67.6 Å². The summed E-state index contributed by atoms with van der Waals surface area (Å²) in [7, 11) is 1.87. The van der Waals surface area contributed by atoms with Crippen LogP contribution in [0, 0.1) is 6.92 Å². The molecule has 26 heavy (non-hydrogen) atoms. The van der Waals surface area contributed by atoms with Gasteiger partial charge in [-0.1, -0.05) is 36.4 Å². The molecule has 0 unspecified atom stereocenters. The first-order chi connectivity index (χ1) is 12.7. The average Bonchev–Trinajstić information content (AvgIpc) is 2.68. The Balaban J connectivity index is 1.42. The molecule has 1 aliphatic heterocycles. The second-order valence-electron chi connectivity index (χ2n) is 6.78. The van der Waals surface area contributed by atoms with Gasteiger partial charge in [-0.15, -0.1) is 0 Å². The summed E-state index contributed by atoms with van der Waals surface area (Å²) in [6, 6.07) is 14.9. The zero-order chi connectivity index (χ0) is 18.2. The van der Waals surface area contributed by atoms with Gasteiger partial charge in [0.1, 0.15) is 0 Å². The second kappa shape index (κ2) is 9.34. The fraction of sp³-hybridized carbons (Fsp3) is 0.429. The van der Waals surface area contributed by atoms with E-state index in [1.807, 2.05) is 20.2 Å². The van der Waals surface area contributed by atoms with Gasteiger partial charge >= 0.3 is 0 Å². The number of nitrogens with one attached hydrogen (secondary N) is 1. The van der Waals surface area contributed by atoms with Crippen molar-refractivity contribution in [3.05, 3.63) is 65.5 Å². The van der Waals surface area contributed by atoms with Crippen molar-refractivity contribution in [2.45, 2.75) is 19.9 Å². The zero-order valence-electron chi connectivity index (χ0n) is 15.9. The molecule has 1 saturated heterocycles. The van der Waals surface area contributed by atoms with Crippen molar-refractivity contribution in [2.75, 3.05) is 39.8 Å². The van der Waals surface area contributed by atoms with Crippen LogP contribution < -0.4 is 5.32 Å². The maximum absolute atomic E-state index is 4.46. The molecule has 138 valence electrons. The first-order valence-corrected chi connectivity index (χ1v) is 9.38. The molecule has 5 nitrogen and oxygen atoms in total. The van der Waals surface area contributed by atoms with Crippen molar-refractivity contribution >= 4 is 5.96 Å². The summed E-state index contributed by atoms with van der Waals surface area (Å²) in [5.41, 5.74) is 3.70. The number of hydrogen-bond acceptors (Lipinski definition) is 3. The molecule has 5 heteroatoms. The molecule has 0 aliphatic carbocycles. The lowest BCUT2D eigenvalue weighted by molar-refractivity contribution is 0.172. The highest BCUT2D eigenvalue weighted by atomic mass is 15.3. The van der Waals surface area contributed by atoms with Crippen molar-refractivity contribution < 1.29 is 0 Å². The lowest BCUT2D eigenvalue weighted by Crippen LogP contribution is -2.52. The molecule has 1 aromatic heterocycles. The van der Waals surface area contributed by atoms with Gasteiger partial charge in [0.15, 0.2) is 5.96 Å². The predicted molar refractivity (Wildman–Crippen MR) is 107 cm³/mol. The third kappa shape index (κ3) is 5.30. The largest absolute Gasteiger partial charge is 0.356 e. The fourth-order valence-corrected chi connectivity index (χ4v) is 3.26. The summed E-state index contributed by atoms with van der Waals surface area (Å²) in [5, 5.41) is 3.50. The highest BCUT2D eigenvalue weighted by Crippen LogP contribution is 2.08. The third-order valence-corrected chi connectivity index (χ3v) is 4.80. The molecule has 0 spiro atoms. The number of piperazine rings is 1. The zero-order valence-corrected chi connectivity index (χ0v) is 15.9. The minimum atomic E-state index is 0.877. The fourth-order valence-electron chi connectivity index (χ4n) is 3.26. The van der Waals surface area contributed by atoms with Crippen LogP contribution in [0.5, 0.6) is 0 Å². The van der Waals surface area contributed by atoms with Gasteiger partial charge in [0, 0.05) is 58.2 Å². The molecule has 0 atom stereocenters. The molecule has 3 rings (SSSR count). The molecule has 2 heterocycles. The van der Waals surface area contributed by atoms with E-state index in [1.54, 1.807) is 0 Å². The lowest BCUT2D eigenvalue weighted by Gasteiger charge is -2.36. The Morgan fingerprint density at radius 1 is 1.04 bits per heavy atom. The molecule has 2 aromatic rings. The van der Waals surface area contributed by atoms with Crippen LogP contribution in [-0.4, -0.2) is 60.5 Å².